The number of carbonyl (C=O) groups excluding carboxylic acids is 1. The van der Waals surface area contributed by atoms with Crippen molar-refractivity contribution in [1.82, 2.24) is 15.3 Å². The monoisotopic (exact) mass is 380 g/mol. The Kier molecular flexibility index (Phi) is 6.16. The normalized spacial score (nSPS) is 10.4. The highest BCUT2D eigenvalue weighted by atomic mass is 19.1. The van der Waals surface area contributed by atoms with E-state index in [0.717, 1.165) is 5.56 Å². The fourth-order valence-corrected chi connectivity index (χ4v) is 2.67. The molecule has 2 N–H and O–H groups in total. The summed E-state index contributed by atoms with van der Waals surface area (Å²) in [4.78, 5) is 21.1. The molecule has 6 nitrogen and oxygen atoms in total. The second-order valence-corrected chi connectivity index (χ2v) is 6.18. The van der Waals surface area contributed by atoms with Crippen molar-refractivity contribution in [3.05, 3.63) is 77.4 Å². The van der Waals surface area contributed by atoms with Gasteiger partial charge < -0.3 is 15.4 Å². The second kappa shape index (κ2) is 8.94. The van der Waals surface area contributed by atoms with Crippen LogP contribution in [0.5, 0.6) is 5.75 Å². The minimum absolute atomic E-state index is 0.268. The van der Waals surface area contributed by atoms with Crippen molar-refractivity contribution in [1.29, 1.82) is 0 Å². The number of methoxy groups -OCH3 is 1. The SMILES string of the molecule is COc1ccccc1Nc1nc(C)cc(C(=O)NCCc2ccc(F)cc2)n1. The summed E-state index contributed by atoms with van der Waals surface area (Å²) in [5.41, 5.74) is 2.58. The maximum Gasteiger partial charge on any atom is 0.270 e. The molecule has 144 valence electrons. The molecule has 0 saturated heterocycles. The van der Waals surface area contributed by atoms with E-state index in [4.69, 9.17) is 4.74 Å². The number of ether oxygens (including phenoxy) is 1. The van der Waals surface area contributed by atoms with E-state index in [0.29, 0.717) is 36.0 Å². The molecule has 1 heterocycles. The van der Waals surface area contributed by atoms with Gasteiger partial charge in [0.2, 0.25) is 5.95 Å². The highest BCUT2D eigenvalue weighted by Gasteiger charge is 2.12. The molecule has 0 unspecified atom stereocenters. The maximum atomic E-state index is 12.9. The molecule has 0 spiro atoms. The Hall–Kier alpha value is -3.48. The highest BCUT2D eigenvalue weighted by Crippen LogP contribution is 2.25. The molecule has 1 aromatic heterocycles. The highest BCUT2D eigenvalue weighted by molar-refractivity contribution is 5.92. The fraction of sp³-hybridized carbons (Fsp3) is 0.190. The lowest BCUT2D eigenvalue weighted by molar-refractivity contribution is 0.0949. The van der Waals surface area contributed by atoms with Gasteiger partial charge in [-0.25, -0.2) is 14.4 Å². The first-order valence-electron chi connectivity index (χ1n) is 8.83. The number of amides is 1. The molecular formula is C21H21FN4O2. The summed E-state index contributed by atoms with van der Waals surface area (Å²) in [7, 11) is 1.58. The first-order valence-corrected chi connectivity index (χ1v) is 8.83. The summed E-state index contributed by atoms with van der Waals surface area (Å²) in [5, 5.41) is 5.91. The van der Waals surface area contributed by atoms with Crippen LogP contribution in [-0.4, -0.2) is 29.5 Å². The Morgan fingerprint density at radius 1 is 1.11 bits per heavy atom. The molecule has 0 atom stereocenters. The number of rotatable bonds is 7. The number of hydrogen-bond donors (Lipinski definition) is 2. The molecule has 3 aromatic rings. The summed E-state index contributed by atoms with van der Waals surface area (Å²) in [6, 6.07) is 15.2. The van der Waals surface area contributed by atoms with Crippen LogP contribution in [0, 0.1) is 12.7 Å². The Bertz CT molecular complexity index is 961. The van der Waals surface area contributed by atoms with Crippen LogP contribution in [0.3, 0.4) is 0 Å². The third kappa shape index (κ3) is 5.03. The topological polar surface area (TPSA) is 76.1 Å². The van der Waals surface area contributed by atoms with Gasteiger partial charge in [0.25, 0.3) is 5.91 Å². The average molecular weight is 380 g/mol. The van der Waals surface area contributed by atoms with Gasteiger partial charge in [-0.2, -0.15) is 0 Å². The van der Waals surface area contributed by atoms with Crippen molar-refractivity contribution in [3.8, 4) is 5.75 Å². The van der Waals surface area contributed by atoms with Crippen LogP contribution in [-0.2, 0) is 6.42 Å². The lowest BCUT2D eigenvalue weighted by Crippen LogP contribution is -2.27. The van der Waals surface area contributed by atoms with Crippen LogP contribution in [0.4, 0.5) is 16.0 Å². The van der Waals surface area contributed by atoms with E-state index >= 15 is 0 Å². The van der Waals surface area contributed by atoms with Crippen LogP contribution in [0.25, 0.3) is 0 Å². The Morgan fingerprint density at radius 2 is 1.86 bits per heavy atom. The van der Waals surface area contributed by atoms with Gasteiger partial charge in [-0.1, -0.05) is 24.3 Å². The van der Waals surface area contributed by atoms with Gasteiger partial charge in [0.1, 0.15) is 17.3 Å². The van der Waals surface area contributed by atoms with Crippen molar-refractivity contribution in [2.75, 3.05) is 19.0 Å². The quantitative estimate of drug-likeness (QED) is 0.654. The largest absolute Gasteiger partial charge is 0.495 e. The predicted octanol–water partition coefficient (Wildman–Crippen LogP) is 3.65. The molecule has 0 bridgehead atoms. The van der Waals surface area contributed by atoms with E-state index in [9.17, 15) is 9.18 Å². The molecule has 0 aliphatic rings. The van der Waals surface area contributed by atoms with Crippen LogP contribution in [0.15, 0.2) is 54.6 Å². The molecular weight excluding hydrogens is 359 g/mol. The Morgan fingerprint density at radius 3 is 2.61 bits per heavy atom. The number of aryl methyl sites for hydroxylation is 1. The van der Waals surface area contributed by atoms with E-state index in [-0.39, 0.29) is 17.4 Å². The Labute approximate surface area is 162 Å². The molecule has 0 saturated carbocycles. The number of nitrogens with zero attached hydrogens (tertiary/aromatic N) is 2. The number of aromatic nitrogens is 2. The third-order valence-electron chi connectivity index (χ3n) is 4.05. The molecule has 7 heteroatoms. The molecule has 28 heavy (non-hydrogen) atoms. The van der Waals surface area contributed by atoms with Gasteiger partial charge in [-0.3, -0.25) is 4.79 Å². The number of carbonyl (C=O) groups is 1. The van der Waals surface area contributed by atoms with E-state index < -0.39 is 0 Å². The van der Waals surface area contributed by atoms with Crippen LogP contribution in [0.1, 0.15) is 21.7 Å². The molecule has 1 amide bonds. The summed E-state index contributed by atoms with van der Waals surface area (Å²) < 4.78 is 18.2. The van der Waals surface area contributed by atoms with E-state index in [2.05, 4.69) is 20.6 Å². The zero-order chi connectivity index (χ0) is 19.9. The summed E-state index contributed by atoms with van der Waals surface area (Å²) in [6.45, 7) is 2.22. The number of nitrogens with one attached hydrogen (secondary N) is 2. The van der Waals surface area contributed by atoms with Crippen molar-refractivity contribution >= 4 is 17.5 Å². The van der Waals surface area contributed by atoms with Crippen molar-refractivity contribution in [2.45, 2.75) is 13.3 Å². The van der Waals surface area contributed by atoms with Crippen molar-refractivity contribution in [2.24, 2.45) is 0 Å². The molecule has 0 aliphatic heterocycles. The number of benzene rings is 2. The fourth-order valence-electron chi connectivity index (χ4n) is 2.67. The third-order valence-corrected chi connectivity index (χ3v) is 4.05. The summed E-state index contributed by atoms with van der Waals surface area (Å²) >= 11 is 0. The van der Waals surface area contributed by atoms with Gasteiger partial charge in [0, 0.05) is 12.2 Å². The standard InChI is InChI=1S/C21H21FN4O2/c1-14-13-18(20(27)23-12-11-15-7-9-16(22)10-8-15)26-21(24-14)25-17-5-3-4-6-19(17)28-2/h3-10,13H,11-12H2,1-2H3,(H,23,27)(H,24,25,26). The first-order chi connectivity index (χ1) is 13.5. The van der Waals surface area contributed by atoms with Crippen LogP contribution >= 0.6 is 0 Å². The number of halogens is 1. The maximum absolute atomic E-state index is 12.9. The molecule has 3 rings (SSSR count). The van der Waals surface area contributed by atoms with E-state index in [1.165, 1.54) is 12.1 Å². The minimum Gasteiger partial charge on any atom is -0.495 e. The molecule has 0 radical (unpaired) electrons. The zero-order valence-corrected chi connectivity index (χ0v) is 15.7. The smallest absolute Gasteiger partial charge is 0.270 e. The van der Waals surface area contributed by atoms with Gasteiger partial charge in [-0.15, -0.1) is 0 Å². The van der Waals surface area contributed by atoms with Gasteiger partial charge in [-0.05, 0) is 49.2 Å². The second-order valence-electron chi connectivity index (χ2n) is 6.18. The number of anilines is 2. The van der Waals surface area contributed by atoms with Crippen LogP contribution < -0.4 is 15.4 Å². The Balaban J connectivity index is 1.66. The molecule has 0 aliphatic carbocycles. The summed E-state index contributed by atoms with van der Waals surface area (Å²) in [5.74, 6) is 0.390. The van der Waals surface area contributed by atoms with Gasteiger partial charge in [0.15, 0.2) is 0 Å². The zero-order valence-electron chi connectivity index (χ0n) is 15.7. The summed E-state index contributed by atoms with van der Waals surface area (Å²) in [6.07, 6.45) is 0.600. The average Bonchev–Trinajstić information content (AvgIpc) is 2.69. The first kappa shape index (κ1) is 19.3. The number of para-hydroxylation sites is 2. The van der Waals surface area contributed by atoms with Gasteiger partial charge in [0.05, 0.1) is 12.8 Å². The lowest BCUT2D eigenvalue weighted by Gasteiger charge is -2.11. The van der Waals surface area contributed by atoms with Crippen molar-refractivity contribution in [3.63, 3.8) is 0 Å². The van der Waals surface area contributed by atoms with Gasteiger partial charge >= 0.3 is 0 Å². The number of hydrogen-bond acceptors (Lipinski definition) is 5. The molecule has 2 aromatic carbocycles. The van der Waals surface area contributed by atoms with E-state index in [1.54, 1.807) is 32.2 Å². The minimum atomic E-state index is -0.296. The predicted molar refractivity (Wildman–Crippen MR) is 105 cm³/mol. The van der Waals surface area contributed by atoms with Crippen molar-refractivity contribution < 1.29 is 13.9 Å². The van der Waals surface area contributed by atoms with E-state index in [1.807, 2.05) is 24.3 Å². The molecule has 0 fully saturated rings. The lowest BCUT2D eigenvalue weighted by atomic mass is 10.1. The van der Waals surface area contributed by atoms with Crippen LogP contribution in [0.2, 0.25) is 0 Å².